The van der Waals surface area contributed by atoms with Crippen LogP contribution in [0.4, 0.5) is 0 Å². The summed E-state index contributed by atoms with van der Waals surface area (Å²) in [5.74, 6) is 0.102. The summed E-state index contributed by atoms with van der Waals surface area (Å²) in [6.07, 6.45) is 6.63. The lowest BCUT2D eigenvalue weighted by atomic mass is 9.84. The van der Waals surface area contributed by atoms with Crippen LogP contribution in [0.3, 0.4) is 0 Å². The van der Waals surface area contributed by atoms with Crippen LogP contribution in [0.1, 0.15) is 36.0 Å². The molecule has 0 radical (unpaired) electrons. The second kappa shape index (κ2) is 6.43. The molecule has 0 aromatic heterocycles. The molecule has 0 bridgehead atoms. The van der Waals surface area contributed by atoms with E-state index in [2.05, 4.69) is 11.5 Å². The van der Waals surface area contributed by atoms with E-state index in [0.29, 0.717) is 16.1 Å². The zero-order valence-corrected chi connectivity index (χ0v) is 13.7. The smallest absolute Gasteiger partial charge is 0.253 e. The maximum absolute atomic E-state index is 12.6. The zero-order valence-electron chi connectivity index (χ0n) is 12.9. The lowest BCUT2D eigenvalue weighted by Crippen LogP contribution is -2.53. The van der Waals surface area contributed by atoms with Crippen molar-refractivity contribution >= 4 is 17.5 Å². The van der Waals surface area contributed by atoms with E-state index in [9.17, 15) is 4.79 Å². The summed E-state index contributed by atoms with van der Waals surface area (Å²) in [6.45, 7) is 7.66. The van der Waals surface area contributed by atoms with Gasteiger partial charge in [-0.1, -0.05) is 23.7 Å². The van der Waals surface area contributed by atoms with Crippen molar-refractivity contribution < 1.29 is 4.79 Å². The van der Waals surface area contributed by atoms with Crippen molar-refractivity contribution in [1.82, 2.24) is 9.80 Å². The first kappa shape index (κ1) is 15.6. The van der Waals surface area contributed by atoms with Crippen molar-refractivity contribution in [3.63, 3.8) is 0 Å². The third kappa shape index (κ3) is 2.92. The highest BCUT2D eigenvalue weighted by Gasteiger charge is 2.43. The maximum atomic E-state index is 12.6. The van der Waals surface area contributed by atoms with Gasteiger partial charge in [-0.2, -0.15) is 0 Å². The van der Waals surface area contributed by atoms with Crippen molar-refractivity contribution in [2.24, 2.45) is 0 Å². The van der Waals surface area contributed by atoms with Crippen LogP contribution in [0.15, 0.2) is 36.9 Å². The van der Waals surface area contributed by atoms with Crippen LogP contribution in [0.5, 0.6) is 0 Å². The van der Waals surface area contributed by atoms with E-state index in [1.165, 1.54) is 12.8 Å². The van der Waals surface area contributed by atoms with Crippen LogP contribution in [-0.2, 0) is 0 Å². The number of halogens is 1. The number of hydrogen-bond donors (Lipinski definition) is 0. The van der Waals surface area contributed by atoms with Crippen LogP contribution >= 0.6 is 11.6 Å². The first-order chi connectivity index (χ1) is 10.6. The number of benzene rings is 1. The molecule has 3 nitrogen and oxygen atoms in total. The van der Waals surface area contributed by atoms with E-state index in [4.69, 9.17) is 11.6 Å². The summed E-state index contributed by atoms with van der Waals surface area (Å²) in [4.78, 5) is 17.1. The molecule has 22 heavy (non-hydrogen) atoms. The van der Waals surface area contributed by atoms with Crippen LogP contribution in [0, 0.1) is 0 Å². The molecule has 2 fully saturated rings. The molecule has 1 spiro atoms. The normalized spacial score (nSPS) is 21.2. The van der Waals surface area contributed by atoms with Crippen LogP contribution in [0.2, 0.25) is 5.02 Å². The van der Waals surface area contributed by atoms with Crippen molar-refractivity contribution in [3.8, 4) is 0 Å². The number of hydrogen-bond acceptors (Lipinski definition) is 2. The van der Waals surface area contributed by atoms with E-state index >= 15 is 0 Å². The number of rotatable bonds is 3. The molecule has 1 amide bonds. The van der Waals surface area contributed by atoms with Gasteiger partial charge in [-0.05, 0) is 50.4 Å². The average molecular weight is 319 g/mol. The Balaban J connectivity index is 1.66. The molecule has 4 heteroatoms. The van der Waals surface area contributed by atoms with Crippen LogP contribution in [0.25, 0.3) is 0 Å². The third-order valence-corrected chi connectivity index (χ3v) is 5.38. The molecule has 0 atom stereocenters. The minimum absolute atomic E-state index is 0.102. The Labute approximate surface area is 137 Å². The molecular weight excluding hydrogens is 296 g/mol. The van der Waals surface area contributed by atoms with Crippen molar-refractivity contribution in [2.45, 2.75) is 31.2 Å². The Kier molecular flexibility index (Phi) is 4.55. The van der Waals surface area contributed by atoms with E-state index in [1.54, 1.807) is 12.1 Å². The van der Waals surface area contributed by atoms with Gasteiger partial charge in [0.2, 0.25) is 0 Å². The van der Waals surface area contributed by atoms with Gasteiger partial charge in [-0.25, -0.2) is 0 Å². The van der Waals surface area contributed by atoms with Crippen molar-refractivity contribution in [3.05, 3.63) is 47.5 Å². The average Bonchev–Trinajstić information content (AvgIpc) is 2.90. The fourth-order valence-corrected chi connectivity index (χ4v) is 4.12. The minimum Gasteiger partial charge on any atom is -0.339 e. The van der Waals surface area contributed by atoms with Gasteiger partial charge < -0.3 is 4.90 Å². The van der Waals surface area contributed by atoms with Gasteiger partial charge in [0.05, 0.1) is 0 Å². The summed E-state index contributed by atoms with van der Waals surface area (Å²) >= 11 is 5.99. The number of nitrogens with zero attached hydrogens (tertiary/aromatic N) is 2. The van der Waals surface area contributed by atoms with E-state index < -0.39 is 0 Å². The number of carbonyl (C=O) groups is 1. The molecule has 0 unspecified atom stereocenters. The highest BCUT2D eigenvalue weighted by Crippen LogP contribution is 2.38. The van der Waals surface area contributed by atoms with Gasteiger partial charge >= 0.3 is 0 Å². The van der Waals surface area contributed by atoms with E-state index in [1.807, 2.05) is 23.1 Å². The lowest BCUT2D eigenvalue weighted by molar-refractivity contribution is 0.0452. The zero-order chi connectivity index (χ0) is 15.6. The summed E-state index contributed by atoms with van der Waals surface area (Å²) in [5.41, 5.74) is 0.983. The predicted octanol–water partition coefficient (Wildman–Crippen LogP) is 3.60. The Hall–Kier alpha value is -1.32. The molecular formula is C18H23ClN2O. The lowest BCUT2D eigenvalue weighted by Gasteiger charge is -2.45. The standard InChI is InChI=1S/C18H23ClN2O/c1-2-10-21-11-4-7-18(21)8-12-20(13-9-18)17(22)15-5-3-6-16(19)14-15/h2-3,5-6,14H,1,4,7-13H2. The molecule has 2 aliphatic rings. The molecule has 2 aliphatic heterocycles. The highest BCUT2D eigenvalue weighted by atomic mass is 35.5. The molecule has 3 rings (SSSR count). The number of likely N-dealkylation sites (tertiary alicyclic amines) is 2. The minimum atomic E-state index is 0.102. The van der Waals surface area contributed by atoms with Gasteiger partial charge in [0, 0.05) is 35.8 Å². The van der Waals surface area contributed by atoms with Gasteiger partial charge in [-0.3, -0.25) is 9.69 Å². The van der Waals surface area contributed by atoms with Crippen molar-refractivity contribution in [1.29, 1.82) is 0 Å². The van der Waals surface area contributed by atoms with Crippen LogP contribution < -0.4 is 0 Å². The first-order valence-electron chi connectivity index (χ1n) is 8.05. The fraction of sp³-hybridized carbons (Fsp3) is 0.500. The fourth-order valence-electron chi connectivity index (χ4n) is 3.93. The number of piperidine rings is 1. The SMILES string of the molecule is C=CCN1CCCC12CCN(C(=O)c1cccc(Cl)c1)CC2. The molecule has 0 aliphatic carbocycles. The summed E-state index contributed by atoms with van der Waals surface area (Å²) in [6, 6.07) is 7.24. The highest BCUT2D eigenvalue weighted by molar-refractivity contribution is 6.30. The molecule has 2 heterocycles. The largest absolute Gasteiger partial charge is 0.339 e. The maximum Gasteiger partial charge on any atom is 0.253 e. The third-order valence-electron chi connectivity index (χ3n) is 5.14. The van der Waals surface area contributed by atoms with E-state index in [-0.39, 0.29) is 5.91 Å². The monoisotopic (exact) mass is 318 g/mol. The second-order valence-electron chi connectivity index (χ2n) is 6.37. The predicted molar refractivity (Wildman–Crippen MR) is 90.3 cm³/mol. The summed E-state index contributed by atoms with van der Waals surface area (Å²) < 4.78 is 0. The Morgan fingerprint density at radius 2 is 2.05 bits per heavy atom. The molecule has 1 aromatic rings. The Bertz CT molecular complexity index is 564. The molecule has 0 N–H and O–H groups in total. The van der Waals surface area contributed by atoms with E-state index in [0.717, 1.165) is 39.0 Å². The van der Waals surface area contributed by atoms with Crippen LogP contribution in [-0.4, -0.2) is 47.4 Å². The van der Waals surface area contributed by atoms with Gasteiger partial charge in [0.25, 0.3) is 5.91 Å². The number of amides is 1. The summed E-state index contributed by atoms with van der Waals surface area (Å²) in [5, 5.41) is 0.618. The second-order valence-corrected chi connectivity index (χ2v) is 6.80. The first-order valence-corrected chi connectivity index (χ1v) is 8.43. The number of carbonyl (C=O) groups excluding carboxylic acids is 1. The van der Waals surface area contributed by atoms with Crippen molar-refractivity contribution in [2.75, 3.05) is 26.2 Å². The van der Waals surface area contributed by atoms with Gasteiger partial charge in [-0.15, -0.1) is 6.58 Å². The molecule has 1 aromatic carbocycles. The quantitative estimate of drug-likeness (QED) is 0.795. The van der Waals surface area contributed by atoms with Gasteiger partial charge in [0.15, 0.2) is 0 Å². The molecule has 0 saturated carbocycles. The Morgan fingerprint density at radius 3 is 2.73 bits per heavy atom. The topological polar surface area (TPSA) is 23.6 Å². The molecule has 118 valence electrons. The summed E-state index contributed by atoms with van der Waals surface area (Å²) in [7, 11) is 0. The Morgan fingerprint density at radius 1 is 1.27 bits per heavy atom. The van der Waals surface area contributed by atoms with Gasteiger partial charge in [0.1, 0.15) is 0 Å². The molecule has 2 saturated heterocycles.